The number of nitriles is 1. The van der Waals surface area contributed by atoms with Crippen LogP contribution in [0.3, 0.4) is 0 Å². The van der Waals surface area contributed by atoms with Gasteiger partial charge >= 0.3 is 0 Å². The maximum atomic E-state index is 8.85. The lowest BCUT2D eigenvalue weighted by Gasteiger charge is -2.13. The van der Waals surface area contributed by atoms with Crippen LogP contribution in [0.2, 0.25) is 0 Å². The first-order chi connectivity index (χ1) is 7.59. The van der Waals surface area contributed by atoms with Gasteiger partial charge in [-0.05, 0) is 30.7 Å². The van der Waals surface area contributed by atoms with Gasteiger partial charge < -0.3 is 5.11 Å². The van der Waals surface area contributed by atoms with E-state index in [1.807, 2.05) is 13.8 Å². The number of hydrogen-bond donors (Lipinski definition) is 1. The Balaban J connectivity index is 2.43. The third kappa shape index (κ3) is 3.79. The SMILES string of the molecule is CC(C)(C#N)CCSc1nnnn1CCO. The zero-order valence-electron chi connectivity index (χ0n) is 9.42. The van der Waals surface area contributed by atoms with Crippen LogP contribution in [0.5, 0.6) is 0 Å². The normalized spacial score (nSPS) is 11.4. The van der Waals surface area contributed by atoms with E-state index in [9.17, 15) is 0 Å². The molecule has 1 aromatic heterocycles. The average molecular weight is 241 g/mol. The molecule has 0 saturated carbocycles. The summed E-state index contributed by atoms with van der Waals surface area (Å²) in [6.45, 7) is 4.23. The lowest BCUT2D eigenvalue weighted by atomic mass is 9.93. The standard InChI is InChI=1S/C9H15N5OS/c1-9(2,7-10)3-6-16-8-11-12-13-14(8)4-5-15/h15H,3-6H2,1-2H3. The van der Waals surface area contributed by atoms with Gasteiger partial charge in [0.15, 0.2) is 0 Å². The molecule has 0 radical (unpaired) electrons. The zero-order chi connectivity index (χ0) is 12.0. The van der Waals surface area contributed by atoms with Crippen molar-refractivity contribution in [3.05, 3.63) is 0 Å². The van der Waals surface area contributed by atoms with Gasteiger partial charge in [0.2, 0.25) is 5.16 Å². The van der Waals surface area contributed by atoms with Crippen molar-refractivity contribution >= 4 is 11.8 Å². The molecule has 1 heterocycles. The minimum Gasteiger partial charge on any atom is -0.394 e. The van der Waals surface area contributed by atoms with E-state index in [0.29, 0.717) is 11.7 Å². The summed E-state index contributed by atoms with van der Waals surface area (Å²) in [6, 6.07) is 2.25. The lowest BCUT2D eigenvalue weighted by molar-refractivity contribution is 0.262. The molecule has 7 heteroatoms. The van der Waals surface area contributed by atoms with Crippen LogP contribution in [0, 0.1) is 16.7 Å². The first-order valence-electron chi connectivity index (χ1n) is 5.00. The Hall–Kier alpha value is -1.13. The molecule has 88 valence electrons. The molecular weight excluding hydrogens is 226 g/mol. The minimum absolute atomic E-state index is 0.0162. The van der Waals surface area contributed by atoms with Crippen molar-refractivity contribution in [2.24, 2.45) is 5.41 Å². The second kappa shape index (κ2) is 5.82. The van der Waals surface area contributed by atoms with E-state index in [-0.39, 0.29) is 12.0 Å². The van der Waals surface area contributed by atoms with Gasteiger partial charge in [-0.3, -0.25) is 0 Å². The molecule has 0 unspecified atom stereocenters. The lowest BCUT2D eigenvalue weighted by Crippen LogP contribution is -2.10. The summed E-state index contributed by atoms with van der Waals surface area (Å²) in [7, 11) is 0. The van der Waals surface area contributed by atoms with Gasteiger partial charge in [-0.25, -0.2) is 4.68 Å². The molecular formula is C9H15N5OS. The van der Waals surface area contributed by atoms with E-state index in [0.717, 1.165) is 12.2 Å². The maximum absolute atomic E-state index is 8.85. The summed E-state index contributed by atoms with van der Waals surface area (Å²) in [5.74, 6) is 0.784. The number of aliphatic hydroxyl groups excluding tert-OH is 1. The topological polar surface area (TPSA) is 87.6 Å². The Morgan fingerprint density at radius 2 is 2.31 bits per heavy atom. The van der Waals surface area contributed by atoms with Crippen molar-refractivity contribution < 1.29 is 5.11 Å². The maximum Gasteiger partial charge on any atom is 0.209 e. The molecule has 0 bridgehead atoms. The van der Waals surface area contributed by atoms with E-state index in [1.54, 1.807) is 4.68 Å². The Labute approximate surface area is 98.6 Å². The summed E-state index contributed by atoms with van der Waals surface area (Å²) in [5, 5.41) is 29.5. The van der Waals surface area contributed by atoms with Crippen molar-refractivity contribution in [1.82, 2.24) is 20.2 Å². The Bertz CT molecular complexity index is 370. The molecule has 0 aliphatic carbocycles. The molecule has 0 atom stereocenters. The second-order valence-electron chi connectivity index (χ2n) is 4.00. The number of hydrogen-bond acceptors (Lipinski definition) is 6. The van der Waals surface area contributed by atoms with Crippen molar-refractivity contribution in [3.8, 4) is 6.07 Å². The molecule has 0 spiro atoms. The van der Waals surface area contributed by atoms with Gasteiger partial charge in [0.05, 0.1) is 24.6 Å². The van der Waals surface area contributed by atoms with Crippen molar-refractivity contribution in [2.45, 2.75) is 32.0 Å². The third-order valence-corrected chi connectivity index (χ3v) is 3.03. The molecule has 1 aromatic rings. The van der Waals surface area contributed by atoms with Crippen LogP contribution in [0.25, 0.3) is 0 Å². The fraction of sp³-hybridized carbons (Fsp3) is 0.778. The predicted octanol–water partition coefficient (Wildman–Crippen LogP) is 0.697. The molecule has 1 rings (SSSR count). The summed E-state index contributed by atoms with van der Waals surface area (Å²) < 4.78 is 1.56. The van der Waals surface area contributed by atoms with E-state index < -0.39 is 0 Å². The predicted molar refractivity (Wildman–Crippen MR) is 59.6 cm³/mol. The second-order valence-corrected chi connectivity index (χ2v) is 5.06. The number of thioether (sulfide) groups is 1. The number of tetrazole rings is 1. The Morgan fingerprint density at radius 3 is 2.94 bits per heavy atom. The highest BCUT2D eigenvalue weighted by Gasteiger charge is 2.17. The van der Waals surface area contributed by atoms with Crippen molar-refractivity contribution in [3.63, 3.8) is 0 Å². The van der Waals surface area contributed by atoms with Crippen LogP contribution in [0.15, 0.2) is 5.16 Å². The van der Waals surface area contributed by atoms with Gasteiger partial charge in [0, 0.05) is 5.75 Å². The van der Waals surface area contributed by atoms with Crippen LogP contribution >= 0.6 is 11.8 Å². The smallest absolute Gasteiger partial charge is 0.209 e. The number of nitrogens with zero attached hydrogens (tertiary/aromatic N) is 5. The molecule has 6 nitrogen and oxygen atoms in total. The Kier molecular flexibility index (Phi) is 4.71. The molecule has 16 heavy (non-hydrogen) atoms. The zero-order valence-corrected chi connectivity index (χ0v) is 10.2. The Morgan fingerprint density at radius 1 is 1.56 bits per heavy atom. The average Bonchev–Trinajstić information content (AvgIpc) is 2.66. The van der Waals surface area contributed by atoms with Gasteiger partial charge in [0.1, 0.15) is 0 Å². The highest BCUT2D eigenvalue weighted by Crippen LogP contribution is 2.24. The molecule has 1 N–H and O–H groups in total. The summed E-state index contributed by atoms with van der Waals surface area (Å²) in [5.41, 5.74) is -0.317. The monoisotopic (exact) mass is 241 g/mol. The molecule has 0 aromatic carbocycles. The van der Waals surface area contributed by atoms with E-state index >= 15 is 0 Å². The molecule has 0 amide bonds. The molecule has 0 saturated heterocycles. The van der Waals surface area contributed by atoms with Gasteiger partial charge in [-0.15, -0.1) is 5.10 Å². The van der Waals surface area contributed by atoms with E-state index in [4.69, 9.17) is 10.4 Å². The quantitative estimate of drug-likeness (QED) is 0.737. The van der Waals surface area contributed by atoms with Gasteiger partial charge in [-0.2, -0.15) is 5.26 Å². The number of aromatic nitrogens is 4. The summed E-state index contributed by atoms with van der Waals surface area (Å²) in [6.07, 6.45) is 0.778. The highest BCUT2D eigenvalue weighted by molar-refractivity contribution is 7.99. The van der Waals surface area contributed by atoms with Gasteiger partial charge in [0.25, 0.3) is 0 Å². The largest absolute Gasteiger partial charge is 0.394 e. The first kappa shape index (κ1) is 12.9. The molecule has 0 aliphatic rings. The minimum atomic E-state index is -0.317. The van der Waals surface area contributed by atoms with Crippen molar-refractivity contribution in [2.75, 3.05) is 12.4 Å². The number of rotatable bonds is 6. The van der Waals surface area contributed by atoms with Crippen LogP contribution in [-0.4, -0.2) is 37.7 Å². The van der Waals surface area contributed by atoms with Crippen LogP contribution in [0.4, 0.5) is 0 Å². The fourth-order valence-corrected chi connectivity index (χ4v) is 2.15. The highest BCUT2D eigenvalue weighted by atomic mass is 32.2. The molecule has 0 fully saturated rings. The first-order valence-corrected chi connectivity index (χ1v) is 5.99. The third-order valence-electron chi connectivity index (χ3n) is 2.07. The summed E-state index contributed by atoms with van der Waals surface area (Å²) in [4.78, 5) is 0. The van der Waals surface area contributed by atoms with Crippen LogP contribution in [0.1, 0.15) is 20.3 Å². The van der Waals surface area contributed by atoms with Crippen molar-refractivity contribution in [1.29, 1.82) is 5.26 Å². The van der Waals surface area contributed by atoms with Gasteiger partial charge in [-0.1, -0.05) is 11.8 Å². The molecule has 0 aliphatic heterocycles. The van der Waals surface area contributed by atoms with Crippen LogP contribution in [-0.2, 0) is 6.54 Å². The number of aliphatic hydroxyl groups is 1. The van der Waals surface area contributed by atoms with E-state index in [1.165, 1.54) is 11.8 Å². The van der Waals surface area contributed by atoms with E-state index in [2.05, 4.69) is 21.6 Å². The summed E-state index contributed by atoms with van der Waals surface area (Å²) >= 11 is 1.50. The fourth-order valence-electron chi connectivity index (χ4n) is 0.988. The van der Waals surface area contributed by atoms with Crippen LogP contribution < -0.4 is 0 Å².